The predicted octanol–water partition coefficient (Wildman–Crippen LogP) is 2.10. The maximum Gasteiger partial charge on any atom is 0.380 e. The molecule has 0 saturated carbocycles. The average Bonchev–Trinajstić information content (AvgIpc) is 2.09. The molecule has 0 saturated heterocycles. The zero-order valence-corrected chi connectivity index (χ0v) is 9.07. The molecule has 0 bridgehead atoms. The molecule has 0 unspecified atom stereocenters. The van der Waals surface area contributed by atoms with Gasteiger partial charge in [0.2, 0.25) is 0 Å². The molecule has 0 N–H and O–H groups in total. The molecule has 0 spiro atoms. The normalized spacial score (nSPS) is 10.2. The molecule has 78 valence electrons. The fourth-order valence-electron chi connectivity index (χ4n) is 1.08. The second-order valence-corrected chi connectivity index (χ2v) is 2.72. The molecule has 0 aromatic rings. The SMILES string of the molecule is CC[N+](CC)(CC)C(F)F.N#C[S-]. The third kappa shape index (κ3) is 4.96. The number of halogens is 2. The summed E-state index contributed by atoms with van der Waals surface area (Å²) < 4.78 is 24.6. The van der Waals surface area contributed by atoms with Crippen LogP contribution < -0.4 is 0 Å². The highest BCUT2D eigenvalue weighted by Crippen LogP contribution is 2.14. The number of nitriles is 1. The Morgan fingerprint density at radius 3 is 1.46 bits per heavy atom. The summed E-state index contributed by atoms with van der Waals surface area (Å²) in [5, 5.41) is 8.47. The second-order valence-electron chi connectivity index (χ2n) is 2.54. The Morgan fingerprint density at radius 1 is 1.23 bits per heavy atom. The van der Waals surface area contributed by atoms with Gasteiger partial charge in [0.05, 0.1) is 19.6 Å². The Bertz CT molecular complexity index is 144. The van der Waals surface area contributed by atoms with Crippen molar-refractivity contribution < 1.29 is 13.3 Å². The molecule has 0 amide bonds. The third-order valence-electron chi connectivity index (χ3n) is 2.30. The van der Waals surface area contributed by atoms with Gasteiger partial charge in [0.1, 0.15) is 0 Å². The number of nitrogens with zero attached hydrogens (tertiary/aromatic N) is 2. The lowest BCUT2D eigenvalue weighted by atomic mass is 10.4. The van der Waals surface area contributed by atoms with Crippen molar-refractivity contribution in [2.75, 3.05) is 19.6 Å². The van der Waals surface area contributed by atoms with Crippen molar-refractivity contribution >= 4 is 12.6 Å². The lowest BCUT2D eigenvalue weighted by Crippen LogP contribution is -2.51. The van der Waals surface area contributed by atoms with Gasteiger partial charge >= 0.3 is 6.55 Å². The van der Waals surface area contributed by atoms with Gasteiger partial charge in [-0.3, -0.25) is 4.48 Å². The van der Waals surface area contributed by atoms with Crippen LogP contribution in [0.25, 0.3) is 0 Å². The van der Waals surface area contributed by atoms with Crippen molar-refractivity contribution in [2.24, 2.45) is 0 Å². The minimum Gasteiger partial charge on any atom is -0.696 e. The zero-order valence-electron chi connectivity index (χ0n) is 8.26. The standard InChI is InChI=1S/C7H16F2N.CHNS/c1-4-10(5-2,6-3)7(8)9;2-1-3/h7H,4-6H2,1-3H3;3H/q+1;/p-1. The fourth-order valence-corrected chi connectivity index (χ4v) is 1.08. The van der Waals surface area contributed by atoms with Crippen LogP contribution in [-0.2, 0) is 12.6 Å². The van der Waals surface area contributed by atoms with Crippen molar-refractivity contribution in [3.05, 3.63) is 0 Å². The van der Waals surface area contributed by atoms with E-state index in [9.17, 15) is 8.78 Å². The summed E-state index contributed by atoms with van der Waals surface area (Å²) in [5.74, 6) is 0. The highest BCUT2D eigenvalue weighted by molar-refractivity contribution is 7.64. The van der Waals surface area contributed by atoms with Gasteiger partial charge in [0.15, 0.2) is 0 Å². The zero-order chi connectivity index (χ0) is 10.9. The van der Waals surface area contributed by atoms with E-state index in [2.05, 4.69) is 12.6 Å². The molecular formula is C8H16F2N2S. The number of quaternary nitrogens is 1. The van der Waals surface area contributed by atoms with Crippen LogP contribution in [0.15, 0.2) is 0 Å². The van der Waals surface area contributed by atoms with Crippen LogP contribution in [0.5, 0.6) is 0 Å². The van der Waals surface area contributed by atoms with Crippen molar-refractivity contribution in [3.63, 3.8) is 0 Å². The first-order valence-corrected chi connectivity index (χ1v) is 4.60. The maximum atomic E-state index is 12.3. The first-order valence-electron chi connectivity index (χ1n) is 4.19. The van der Waals surface area contributed by atoms with Crippen molar-refractivity contribution in [1.82, 2.24) is 0 Å². The molecule has 0 heterocycles. The van der Waals surface area contributed by atoms with Crippen molar-refractivity contribution in [3.8, 4) is 5.40 Å². The number of hydrogen-bond donors (Lipinski definition) is 0. The summed E-state index contributed by atoms with van der Waals surface area (Å²) in [6, 6.07) is 0. The number of rotatable bonds is 4. The average molecular weight is 210 g/mol. The van der Waals surface area contributed by atoms with Crippen molar-refractivity contribution in [2.45, 2.75) is 27.3 Å². The Kier molecular flexibility index (Phi) is 9.41. The Hall–Kier alpha value is -0.470. The molecule has 5 heteroatoms. The molecule has 0 aromatic carbocycles. The number of thiocyanates is 1. The van der Waals surface area contributed by atoms with Gasteiger partial charge < -0.3 is 12.6 Å². The monoisotopic (exact) mass is 210 g/mol. The van der Waals surface area contributed by atoms with Crippen LogP contribution in [0.2, 0.25) is 0 Å². The lowest BCUT2D eigenvalue weighted by Gasteiger charge is -2.33. The molecule has 0 atom stereocenters. The molecule has 0 rings (SSSR count). The first-order chi connectivity index (χ1) is 6.04. The van der Waals surface area contributed by atoms with Gasteiger partial charge in [-0.1, -0.05) is 5.40 Å². The number of hydrogen-bond acceptors (Lipinski definition) is 2. The third-order valence-corrected chi connectivity index (χ3v) is 2.30. The molecule has 0 aliphatic rings. The highest BCUT2D eigenvalue weighted by atomic mass is 32.1. The van der Waals surface area contributed by atoms with Gasteiger partial charge in [0, 0.05) is 0 Å². The summed E-state index contributed by atoms with van der Waals surface area (Å²) in [5.41, 5.74) is 0. The van der Waals surface area contributed by atoms with Crippen LogP contribution in [-0.4, -0.2) is 30.7 Å². The number of alkyl halides is 2. The molecular weight excluding hydrogens is 194 g/mol. The molecule has 0 fully saturated rings. The van der Waals surface area contributed by atoms with E-state index in [0.29, 0.717) is 19.6 Å². The van der Waals surface area contributed by atoms with E-state index in [1.165, 1.54) is 5.40 Å². The second kappa shape index (κ2) is 8.14. The van der Waals surface area contributed by atoms with E-state index in [4.69, 9.17) is 5.26 Å². The van der Waals surface area contributed by atoms with Gasteiger partial charge in [-0.15, -0.1) is 0 Å². The summed E-state index contributed by atoms with van der Waals surface area (Å²) in [6.07, 6.45) is 0. The van der Waals surface area contributed by atoms with Gasteiger partial charge in [0.25, 0.3) is 0 Å². The molecule has 0 radical (unpaired) electrons. The van der Waals surface area contributed by atoms with E-state index in [-0.39, 0.29) is 4.48 Å². The molecule has 13 heavy (non-hydrogen) atoms. The fraction of sp³-hybridized carbons (Fsp3) is 0.875. The summed E-state index contributed by atoms with van der Waals surface area (Å²) in [4.78, 5) is 0. The largest absolute Gasteiger partial charge is 0.696 e. The first kappa shape index (κ1) is 15.0. The smallest absolute Gasteiger partial charge is 0.380 e. The highest BCUT2D eigenvalue weighted by Gasteiger charge is 2.31. The van der Waals surface area contributed by atoms with Gasteiger partial charge in [-0.2, -0.15) is 8.78 Å². The molecule has 0 aromatic heterocycles. The lowest BCUT2D eigenvalue weighted by molar-refractivity contribution is -0.974. The maximum absolute atomic E-state index is 12.3. The van der Waals surface area contributed by atoms with Crippen molar-refractivity contribution in [1.29, 1.82) is 5.26 Å². The Labute approximate surface area is 84.1 Å². The van der Waals surface area contributed by atoms with Gasteiger partial charge in [-0.25, -0.2) is 5.26 Å². The van der Waals surface area contributed by atoms with Crippen LogP contribution in [0.3, 0.4) is 0 Å². The van der Waals surface area contributed by atoms with E-state index in [0.717, 1.165) is 0 Å². The van der Waals surface area contributed by atoms with E-state index in [1.807, 2.05) is 0 Å². The summed E-state index contributed by atoms with van der Waals surface area (Å²) in [6.45, 7) is 4.75. The summed E-state index contributed by atoms with van der Waals surface area (Å²) >= 11 is 3.70. The molecule has 0 aliphatic carbocycles. The van der Waals surface area contributed by atoms with Crippen LogP contribution in [0, 0.1) is 10.7 Å². The molecule has 2 nitrogen and oxygen atoms in total. The van der Waals surface area contributed by atoms with Crippen LogP contribution in [0.1, 0.15) is 20.8 Å². The predicted molar refractivity (Wildman–Crippen MR) is 50.9 cm³/mol. The van der Waals surface area contributed by atoms with Crippen LogP contribution in [0.4, 0.5) is 8.78 Å². The molecule has 0 aliphatic heterocycles. The van der Waals surface area contributed by atoms with E-state index in [1.54, 1.807) is 20.8 Å². The van der Waals surface area contributed by atoms with Crippen LogP contribution >= 0.6 is 0 Å². The Morgan fingerprint density at radius 2 is 1.46 bits per heavy atom. The minimum atomic E-state index is -2.22. The minimum absolute atomic E-state index is 0.0694. The van der Waals surface area contributed by atoms with Gasteiger partial charge in [-0.05, 0) is 20.8 Å². The summed E-state index contributed by atoms with van der Waals surface area (Å²) in [7, 11) is 0. The Balaban J connectivity index is 0. The quantitative estimate of drug-likeness (QED) is 0.307. The topological polar surface area (TPSA) is 23.8 Å². The van der Waals surface area contributed by atoms with E-state index < -0.39 is 6.55 Å². The van der Waals surface area contributed by atoms with E-state index >= 15 is 0 Å².